The molecule has 0 saturated carbocycles. The number of fused-ring (bicyclic) bond motifs is 1. The summed E-state index contributed by atoms with van der Waals surface area (Å²) in [5.74, 6) is -0.205. The first-order valence-corrected chi connectivity index (χ1v) is 9.59. The van der Waals surface area contributed by atoms with Crippen LogP contribution in [0, 0.1) is 0 Å². The first kappa shape index (κ1) is 19.9. The van der Waals surface area contributed by atoms with E-state index in [-0.39, 0.29) is 18.0 Å². The van der Waals surface area contributed by atoms with Crippen molar-refractivity contribution in [2.75, 3.05) is 11.4 Å². The smallest absolute Gasteiger partial charge is 0.310 e. The summed E-state index contributed by atoms with van der Waals surface area (Å²) in [4.78, 5) is 27.1. The van der Waals surface area contributed by atoms with E-state index in [4.69, 9.17) is 0 Å². The molecule has 0 N–H and O–H groups in total. The summed E-state index contributed by atoms with van der Waals surface area (Å²) >= 11 is 0. The second-order valence-corrected chi connectivity index (χ2v) is 7.27. The molecule has 154 valence electrons. The lowest BCUT2D eigenvalue weighted by Crippen LogP contribution is -2.36. The van der Waals surface area contributed by atoms with Crippen molar-refractivity contribution in [1.82, 2.24) is 4.57 Å². The van der Waals surface area contributed by atoms with Crippen LogP contribution in [-0.2, 0) is 19.1 Å². The van der Waals surface area contributed by atoms with Crippen molar-refractivity contribution < 1.29 is 18.0 Å². The van der Waals surface area contributed by atoms with E-state index >= 15 is 0 Å². The zero-order valence-corrected chi connectivity index (χ0v) is 16.0. The first-order valence-electron chi connectivity index (χ1n) is 9.59. The molecule has 4 nitrogen and oxygen atoms in total. The van der Waals surface area contributed by atoms with Crippen LogP contribution in [0.15, 0.2) is 71.7 Å². The molecular formula is C23H19F3N2O2. The number of aryl methyl sites for hydroxylation is 1. The van der Waals surface area contributed by atoms with Crippen LogP contribution in [0.3, 0.4) is 0 Å². The van der Waals surface area contributed by atoms with Gasteiger partial charge in [0.25, 0.3) is 11.5 Å². The first-order chi connectivity index (χ1) is 14.3. The van der Waals surface area contributed by atoms with Crippen LogP contribution in [0.25, 0.3) is 0 Å². The van der Waals surface area contributed by atoms with Crippen LogP contribution in [0.4, 0.5) is 18.9 Å². The fourth-order valence-corrected chi connectivity index (χ4v) is 3.68. The van der Waals surface area contributed by atoms with Gasteiger partial charge in [0, 0.05) is 24.5 Å². The number of alkyl halides is 3. The van der Waals surface area contributed by atoms with Crippen LogP contribution in [0.2, 0.25) is 0 Å². The fourth-order valence-electron chi connectivity index (χ4n) is 3.68. The Labute approximate surface area is 171 Å². The molecule has 0 aliphatic carbocycles. The van der Waals surface area contributed by atoms with E-state index in [2.05, 4.69) is 0 Å². The van der Waals surface area contributed by atoms with Crippen LogP contribution < -0.4 is 10.5 Å². The third-order valence-corrected chi connectivity index (χ3v) is 5.22. The van der Waals surface area contributed by atoms with Gasteiger partial charge in [-0.2, -0.15) is 13.2 Å². The van der Waals surface area contributed by atoms with Gasteiger partial charge in [-0.1, -0.05) is 30.3 Å². The van der Waals surface area contributed by atoms with Crippen molar-refractivity contribution in [1.29, 1.82) is 0 Å². The van der Waals surface area contributed by atoms with E-state index in [9.17, 15) is 22.8 Å². The van der Waals surface area contributed by atoms with Gasteiger partial charge in [-0.15, -0.1) is 0 Å². The number of rotatable bonds is 3. The molecule has 30 heavy (non-hydrogen) atoms. The number of anilines is 1. The van der Waals surface area contributed by atoms with Gasteiger partial charge in [-0.25, -0.2) is 0 Å². The Balaban J connectivity index is 1.60. The van der Waals surface area contributed by atoms with Gasteiger partial charge >= 0.3 is 6.18 Å². The quantitative estimate of drug-likeness (QED) is 0.635. The van der Waals surface area contributed by atoms with E-state index in [0.29, 0.717) is 17.7 Å². The molecule has 1 aromatic heterocycles. The lowest BCUT2D eigenvalue weighted by Gasteiger charge is -2.29. The molecule has 2 aromatic carbocycles. The number of nitrogens with zero attached hydrogens (tertiary/aromatic N) is 2. The Hall–Kier alpha value is -3.35. The molecule has 0 fully saturated rings. The summed E-state index contributed by atoms with van der Waals surface area (Å²) < 4.78 is 39.6. The van der Waals surface area contributed by atoms with Crippen molar-refractivity contribution in [2.24, 2.45) is 0 Å². The number of aromatic nitrogens is 1. The zero-order chi connectivity index (χ0) is 21.3. The predicted octanol–water partition coefficient (Wildman–Crippen LogP) is 4.51. The summed E-state index contributed by atoms with van der Waals surface area (Å²) in [6.07, 6.45) is -1.17. The Bertz CT molecular complexity index is 1130. The van der Waals surface area contributed by atoms with Crippen molar-refractivity contribution in [3.05, 3.63) is 99.5 Å². The fraction of sp³-hybridized carbons (Fsp3) is 0.217. The van der Waals surface area contributed by atoms with E-state index < -0.39 is 11.7 Å². The van der Waals surface area contributed by atoms with Crippen LogP contribution in [-0.4, -0.2) is 17.0 Å². The van der Waals surface area contributed by atoms with Gasteiger partial charge in [0.15, 0.2) is 0 Å². The van der Waals surface area contributed by atoms with Crippen molar-refractivity contribution in [3.8, 4) is 0 Å². The van der Waals surface area contributed by atoms with Crippen LogP contribution in [0.1, 0.15) is 33.5 Å². The molecule has 1 aliphatic rings. The van der Waals surface area contributed by atoms with Crippen molar-refractivity contribution >= 4 is 11.6 Å². The molecule has 0 bridgehead atoms. The minimum Gasteiger partial charge on any atom is -0.310 e. The summed E-state index contributed by atoms with van der Waals surface area (Å²) in [6.45, 7) is 0.669. The number of hydrogen-bond donors (Lipinski definition) is 0. The average molecular weight is 412 g/mol. The number of carbonyl (C=O) groups is 1. The molecule has 3 aromatic rings. The standard InChI is InChI=1S/C23H19F3N2O2/c24-23(25,26)19-10-7-16(8-11-19)14-27-15-18(9-12-21(27)29)22(30)28-13-3-5-17-4-1-2-6-20(17)28/h1-2,4,6-12,15H,3,5,13-14H2. The monoisotopic (exact) mass is 412 g/mol. The Morgan fingerprint density at radius 2 is 1.70 bits per heavy atom. The highest BCUT2D eigenvalue weighted by Gasteiger charge is 2.30. The lowest BCUT2D eigenvalue weighted by molar-refractivity contribution is -0.137. The lowest BCUT2D eigenvalue weighted by atomic mass is 10.0. The minimum atomic E-state index is -4.41. The van der Waals surface area contributed by atoms with Gasteiger partial charge in [0.1, 0.15) is 0 Å². The maximum atomic E-state index is 13.1. The predicted molar refractivity (Wildman–Crippen MR) is 108 cm³/mol. The van der Waals surface area contributed by atoms with Crippen molar-refractivity contribution in [3.63, 3.8) is 0 Å². The molecule has 0 spiro atoms. The topological polar surface area (TPSA) is 42.3 Å². The van der Waals surface area contributed by atoms with Gasteiger partial charge in [-0.3, -0.25) is 9.59 Å². The van der Waals surface area contributed by atoms with E-state index in [1.165, 1.54) is 35.0 Å². The molecule has 0 atom stereocenters. The summed E-state index contributed by atoms with van der Waals surface area (Å²) in [6, 6.07) is 15.2. The number of benzene rings is 2. The normalized spacial score (nSPS) is 13.8. The Morgan fingerprint density at radius 1 is 0.967 bits per heavy atom. The second kappa shape index (κ2) is 7.82. The van der Waals surface area contributed by atoms with E-state index in [1.807, 2.05) is 24.3 Å². The highest BCUT2D eigenvalue weighted by molar-refractivity contribution is 6.06. The number of halogens is 3. The maximum absolute atomic E-state index is 13.1. The number of amides is 1. The summed E-state index contributed by atoms with van der Waals surface area (Å²) in [5, 5.41) is 0. The molecule has 0 radical (unpaired) electrons. The molecule has 4 rings (SSSR count). The number of para-hydroxylation sites is 1. The third-order valence-electron chi connectivity index (χ3n) is 5.22. The summed E-state index contributed by atoms with van der Waals surface area (Å²) in [5.41, 5.74) is 1.80. The van der Waals surface area contributed by atoms with E-state index in [1.54, 1.807) is 4.90 Å². The van der Waals surface area contributed by atoms with Crippen molar-refractivity contribution in [2.45, 2.75) is 25.6 Å². The Morgan fingerprint density at radius 3 is 2.43 bits per heavy atom. The molecule has 1 amide bonds. The average Bonchev–Trinajstić information content (AvgIpc) is 2.74. The number of pyridine rings is 1. The van der Waals surface area contributed by atoms with Gasteiger partial charge in [-0.05, 0) is 48.2 Å². The molecule has 2 heterocycles. The highest BCUT2D eigenvalue weighted by atomic mass is 19.4. The van der Waals surface area contributed by atoms with Gasteiger partial charge in [0.05, 0.1) is 17.7 Å². The maximum Gasteiger partial charge on any atom is 0.416 e. The number of hydrogen-bond acceptors (Lipinski definition) is 2. The Kier molecular flexibility index (Phi) is 5.20. The van der Waals surface area contributed by atoms with Crippen LogP contribution in [0.5, 0.6) is 0 Å². The SMILES string of the molecule is O=C(c1ccc(=O)n(Cc2ccc(C(F)(F)F)cc2)c1)N1CCCc2ccccc21. The third kappa shape index (κ3) is 4.01. The van der Waals surface area contributed by atoms with E-state index in [0.717, 1.165) is 36.2 Å². The molecule has 0 saturated heterocycles. The molecule has 0 unspecified atom stereocenters. The largest absolute Gasteiger partial charge is 0.416 e. The number of carbonyl (C=O) groups excluding carboxylic acids is 1. The highest BCUT2D eigenvalue weighted by Crippen LogP contribution is 2.29. The van der Waals surface area contributed by atoms with Gasteiger partial charge in [0.2, 0.25) is 0 Å². The van der Waals surface area contributed by atoms with Crippen LogP contribution >= 0.6 is 0 Å². The molecular weight excluding hydrogens is 393 g/mol. The zero-order valence-electron chi connectivity index (χ0n) is 16.0. The summed E-state index contributed by atoms with van der Waals surface area (Å²) in [7, 11) is 0. The molecule has 7 heteroatoms. The molecule has 1 aliphatic heterocycles. The van der Waals surface area contributed by atoms with Gasteiger partial charge < -0.3 is 9.47 Å². The minimum absolute atomic E-state index is 0.0781. The second-order valence-electron chi connectivity index (χ2n) is 7.27.